The predicted octanol–water partition coefficient (Wildman–Crippen LogP) is -0.0880. The van der Waals surface area contributed by atoms with Gasteiger partial charge in [0.05, 0.1) is 0 Å². The second kappa shape index (κ2) is 10.5. The van der Waals surface area contributed by atoms with Crippen LogP contribution in [0.1, 0.15) is 0 Å². The van der Waals surface area contributed by atoms with E-state index < -0.39 is 21.8 Å². The fourth-order valence-electron chi connectivity index (χ4n) is 0.663. The van der Waals surface area contributed by atoms with E-state index in [9.17, 15) is 13.2 Å². The Hall–Kier alpha value is -2.46. The zero-order valence-electron chi connectivity index (χ0n) is 10.1. The lowest BCUT2D eigenvalue weighted by atomic mass is 10.6. The number of carboxylic acids is 1. The quantitative estimate of drug-likeness (QED) is 0.727. The van der Waals surface area contributed by atoms with Gasteiger partial charge >= 0.3 is 5.97 Å². The van der Waals surface area contributed by atoms with Gasteiger partial charge in [-0.25, -0.2) is 0 Å². The molecule has 10 heteroatoms. The summed E-state index contributed by atoms with van der Waals surface area (Å²) in [6.07, 6.45) is 6.56. The number of rotatable bonds is 2. The van der Waals surface area contributed by atoms with E-state index in [0.29, 0.717) is 0 Å². The van der Waals surface area contributed by atoms with Crippen molar-refractivity contribution < 1.29 is 22.9 Å². The molecule has 0 aliphatic rings. The molecule has 9 nitrogen and oxygen atoms in total. The summed E-state index contributed by atoms with van der Waals surface area (Å²) in [5.41, 5.74) is 0. The van der Waals surface area contributed by atoms with Crippen molar-refractivity contribution in [2.75, 3.05) is 5.75 Å². The predicted molar refractivity (Wildman–Crippen MR) is 68.1 cm³/mol. The van der Waals surface area contributed by atoms with Crippen molar-refractivity contribution in [2.45, 2.75) is 0 Å². The first-order valence-corrected chi connectivity index (χ1v) is 6.63. The van der Waals surface area contributed by atoms with Gasteiger partial charge in [0.15, 0.2) is 5.75 Å². The Balaban J connectivity index is 0.000000274. The van der Waals surface area contributed by atoms with Crippen LogP contribution < -0.4 is 0 Å². The summed E-state index contributed by atoms with van der Waals surface area (Å²) in [5.74, 6) is -2.79. The maximum atomic E-state index is 9.62. The van der Waals surface area contributed by atoms with Gasteiger partial charge < -0.3 is 5.11 Å². The lowest BCUT2D eigenvalue weighted by molar-refractivity contribution is -0.134. The third kappa shape index (κ3) is 15.5. The molecule has 0 saturated carbocycles. The maximum Gasteiger partial charge on any atom is 0.321 e. The van der Waals surface area contributed by atoms with Crippen molar-refractivity contribution in [3.05, 3.63) is 49.1 Å². The van der Waals surface area contributed by atoms with E-state index in [4.69, 9.17) is 9.66 Å². The van der Waals surface area contributed by atoms with Crippen molar-refractivity contribution in [1.82, 2.24) is 20.4 Å². The molecule has 0 unspecified atom stereocenters. The van der Waals surface area contributed by atoms with Gasteiger partial charge in [0.1, 0.15) is 0 Å². The minimum Gasteiger partial charge on any atom is -0.480 e. The fraction of sp³-hybridized carbons (Fsp3) is 0.100. The summed E-state index contributed by atoms with van der Waals surface area (Å²) in [6, 6.07) is 7.31. The van der Waals surface area contributed by atoms with Gasteiger partial charge in [0.25, 0.3) is 10.1 Å². The van der Waals surface area contributed by atoms with Crippen LogP contribution in [0.2, 0.25) is 0 Å². The van der Waals surface area contributed by atoms with Gasteiger partial charge in [-0.1, -0.05) is 0 Å². The Morgan fingerprint density at radius 1 is 0.850 bits per heavy atom. The Morgan fingerprint density at radius 2 is 1.15 bits per heavy atom. The third-order valence-corrected chi connectivity index (χ3v) is 1.88. The zero-order valence-corrected chi connectivity index (χ0v) is 11.0. The molecule has 0 bridgehead atoms. The Morgan fingerprint density at radius 3 is 1.20 bits per heavy atom. The molecule has 2 heterocycles. The average molecular weight is 300 g/mol. The van der Waals surface area contributed by atoms with Crippen LogP contribution in [0.5, 0.6) is 0 Å². The van der Waals surface area contributed by atoms with E-state index in [2.05, 4.69) is 20.4 Å². The Bertz CT molecular complexity index is 480. The lowest BCUT2D eigenvalue weighted by Crippen LogP contribution is -2.13. The molecule has 0 aliphatic carbocycles. The number of carboxylic acid groups (broad SMARTS) is 1. The van der Waals surface area contributed by atoms with E-state index in [1.54, 1.807) is 24.8 Å². The maximum absolute atomic E-state index is 9.62. The molecule has 2 aromatic heterocycles. The molecular formula is C10H12N4O5S. The highest BCUT2D eigenvalue weighted by atomic mass is 32.2. The molecule has 2 N–H and O–H groups in total. The van der Waals surface area contributed by atoms with Crippen LogP contribution in [-0.2, 0) is 14.9 Å². The lowest BCUT2D eigenvalue weighted by Gasteiger charge is -1.85. The van der Waals surface area contributed by atoms with Crippen LogP contribution in [0.15, 0.2) is 49.1 Å². The molecule has 0 spiro atoms. The molecule has 0 saturated heterocycles. The molecule has 20 heavy (non-hydrogen) atoms. The first-order valence-electron chi connectivity index (χ1n) is 5.02. The number of nitrogens with zero attached hydrogens (tertiary/aromatic N) is 4. The van der Waals surface area contributed by atoms with E-state index in [1.165, 1.54) is 0 Å². The molecule has 0 atom stereocenters. The van der Waals surface area contributed by atoms with Crippen molar-refractivity contribution >= 4 is 16.1 Å². The largest absolute Gasteiger partial charge is 0.480 e. The van der Waals surface area contributed by atoms with Gasteiger partial charge in [0.2, 0.25) is 0 Å². The van der Waals surface area contributed by atoms with Crippen molar-refractivity contribution in [2.24, 2.45) is 0 Å². The zero-order chi connectivity index (χ0) is 15.3. The SMILES string of the molecule is O=C(O)CS(=O)(=O)O.c1ccnnc1.c1ccnnc1. The molecule has 0 amide bonds. The molecular weight excluding hydrogens is 288 g/mol. The van der Waals surface area contributed by atoms with E-state index in [-0.39, 0.29) is 0 Å². The number of aliphatic carboxylic acids is 1. The van der Waals surface area contributed by atoms with Gasteiger partial charge in [-0.15, -0.1) is 0 Å². The first-order chi connectivity index (χ1) is 9.42. The van der Waals surface area contributed by atoms with Crippen molar-refractivity contribution in [3.8, 4) is 0 Å². The standard InChI is InChI=1S/2C4H4N2.C2H4O5S/c2*1-2-4-6-5-3-1;3-2(4)1-8(5,6)7/h2*1-4H;1H2,(H,3,4)(H,5,6,7). The van der Waals surface area contributed by atoms with E-state index in [0.717, 1.165) is 0 Å². The van der Waals surface area contributed by atoms with Crippen LogP contribution in [0.3, 0.4) is 0 Å². The molecule has 0 radical (unpaired) electrons. The molecule has 2 aromatic rings. The highest BCUT2D eigenvalue weighted by molar-refractivity contribution is 7.86. The summed E-state index contributed by atoms with van der Waals surface area (Å²) >= 11 is 0. The summed E-state index contributed by atoms with van der Waals surface area (Å²) in [6.45, 7) is 0. The summed E-state index contributed by atoms with van der Waals surface area (Å²) in [5, 5.41) is 21.8. The number of aromatic nitrogens is 4. The van der Waals surface area contributed by atoms with Crippen molar-refractivity contribution in [1.29, 1.82) is 0 Å². The van der Waals surface area contributed by atoms with Crippen LogP contribution >= 0.6 is 0 Å². The second-order valence-corrected chi connectivity index (χ2v) is 4.40. The monoisotopic (exact) mass is 300 g/mol. The van der Waals surface area contributed by atoms with Crippen LogP contribution in [0.4, 0.5) is 0 Å². The molecule has 0 aliphatic heterocycles. The highest BCUT2D eigenvalue weighted by Gasteiger charge is 2.09. The molecule has 2 rings (SSSR count). The molecule has 0 fully saturated rings. The summed E-state index contributed by atoms with van der Waals surface area (Å²) < 4.78 is 27.0. The normalized spacial score (nSPS) is 9.25. The van der Waals surface area contributed by atoms with Gasteiger partial charge in [0, 0.05) is 24.8 Å². The number of hydrogen-bond acceptors (Lipinski definition) is 7. The first kappa shape index (κ1) is 17.5. The van der Waals surface area contributed by atoms with Gasteiger partial charge in [-0.2, -0.15) is 28.8 Å². The average Bonchev–Trinajstić information content (AvgIpc) is 2.41. The molecule has 108 valence electrons. The fourth-order valence-corrected chi connectivity index (χ4v) is 0.975. The second-order valence-electron chi connectivity index (χ2n) is 2.95. The Kier molecular flexibility index (Phi) is 9.17. The highest BCUT2D eigenvalue weighted by Crippen LogP contribution is 1.78. The van der Waals surface area contributed by atoms with Crippen molar-refractivity contribution in [3.63, 3.8) is 0 Å². The van der Waals surface area contributed by atoms with E-state index in [1.807, 2.05) is 24.3 Å². The summed E-state index contributed by atoms with van der Waals surface area (Å²) in [4.78, 5) is 9.48. The minimum absolute atomic E-state index is 1.23. The number of hydrogen-bond donors (Lipinski definition) is 2. The van der Waals surface area contributed by atoms with Gasteiger partial charge in [-0.3, -0.25) is 9.35 Å². The topological polar surface area (TPSA) is 143 Å². The minimum atomic E-state index is -4.32. The van der Waals surface area contributed by atoms with Gasteiger partial charge in [-0.05, 0) is 24.3 Å². The number of carbonyl (C=O) groups is 1. The van der Waals surface area contributed by atoms with Crippen LogP contribution in [-0.4, -0.2) is 50.2 Å². The summed E-state index contributed by atoms with van der Waals surface area (Å²) in [7, 11) is -4.32. The Labute approximate surface area is 115 Å². The third-order valence-electron chi connectivity index (χ3n) is 1.27. The molecule has 0 aromatic carbocycles. The van der Waals surface area contributed by atoms with E-state index >= 15 is 0 Å². The van der Waals surface area contributed by atoms with Crippen LogP contribution in [0, 0.1) is 0 Å². The smallest absolute Gasteiger partial charge is 0.321 e. The van der Waals surface area contributed by atoms with Crippen LogP contribution in [0.25, 0.3) is 0 Å².